The highest BCUT2D eigenvalue weighted by Gasteiger charge is 2.10. The van der Waals surface area contributed by atoms with Crippen molar-refractivity contribution in [2.45, 2.75) is 33.2 Å². The van der Waals surface area contributed by atoms with Crippen molar-refractivity contribution in [3.63, 3.8) is 0 Å². The number of allylic oxidation sites excluding steroid dienone is 1. The lowest BCUT2D eigenvalue weighted by Crippen LogP contribution is -2.39. The molecule has 0 radical (unpaired) electrons. The summed E-state index contributed by atoms with van der Waals surface area (Å²) < 4.78 is 0. The van der Waals surface area contributed by atoms with Crippen molar-refractivity contribution in [2.75, 3.05) is 0 Å². The minimum atomic E-state index is -0.252. The van der Waals surface area contributed by atoms with Crippen LogP contribution >= 0.6 is 0 Å². The Kier molecular flexibility index (Phi) is 3.67. The first-order valence-corrected chi connectivity index (χ1v) is 3.82. The summed E-state index contributed by atoms with van der Waals surface area (Å²) in [7, 11) is 0. The zero-order valence-corrected chi connectivity index (χ0v) is 7.97. The number of carbonyl (C=O) groups excluding carboxylic acids is 2. The van der Waals surface area contributed by atoms with Gasteiger partial charge in [-0.2, -0.15) is 0 Å². The maximum Gasteiger partial charge on any atom is 0.244 e. The average Bonchev–Trinajstić information content (AvgIpc) is 1.79. The Labute approximate surface area is 72.8 Å². The van der Waals surface area contributed by atoms with E-state index in [2.05, 4.69) is 5.32 Å². The molecule has 3 nitrogen and oxygen atoms in total. The molecule has 1 amide bonds. The molecular weight excluding hydrogens is 154 g/mol. The minimum Gasteiger partial charge on any atom is -0.348 e. The second kappa shape index (κ2) is 4.04. The van der Waals surface area contributed by atoms with Gasteiger partial charge in [-0.25, -0.2) is 0 Å². The van der Waals surface area contributed by atoms with Crippen LogP contribution < -0.4 is 5.32 Å². The number of hydrogen-bond acceptors (Lipinski definition) is 2. The second-order valence-corrected chi connectivity index (χ2v) is 3.68. The average molecular weight is 169 g/mol. The van der Waals surface area contributed by atoms with Gasteiger partial charge in [0.2, 0.25) is 5.91 Å². The minimum absolute atomic E-state index is 0.126. The van der Waals surface area contributed by atoms with Crippen LogP contribution in [0.4, 0.5) is 0 Å². The summed E-state index contributed by atoms with van der Waals surface area (Å²) in [5.74, 6) is -0.364. The van der Waals surface area contributed by atoms with Gasteiger partial charge in [0, 0.05) is 11.6 Å². The molecule has 0 atom stereocenters. The first-order valence-electron chi connectivity index (χ1n) is 3.82. The lowest BCUT2D eigenvalue weighted by Gasteiger charge is -2.18. The standard InChI is InChI=1S/C9H15NO2/c1-7(11)5-6-8(12)10-9(2,3)4/h5-6H,1-4H3,(H,10,12)/b6-5+. The molecule has 0 aliphatic rings. The highest BCUT2D eigenvalue weighted by Crippen LogP contribution is 1.97. The first kappa shape index (κ1) is 10.9. The normalized spacial score (nSPS) is 11.7. The van der Waals surface area contributed by atoms with Crippen LogP contribution in [-0.4, -0.2) is 17.2 Å². The van der Waals surface area contributed by atoms with E-state index in [1.165, 1.54) is 19.1 Å². The smallest absolute Gasteiger partial charge is 0.244 e. The van der Waals surface area contributed by atoms with Crippen LogP contribution in [0, 0.1) is 0 Å². The Balaban J connectivity index is 3.99. The maximum absolute atomic E-state index is 11.0. The molecular formula is C9H15NO2. The number of amides is 1. The van der Waals surface area contributed by atoms with E-state index in [0.717, 1.165) is 0 Å². The molecule has 0 aliphatic carbocycles. The largest absolute Gasteiger partial charge is 0.348 e. The van der Waals surface area contributed by atoms with E-state index in [-0.39, 0.29) is 17.2 Å². The molecule has 0 bridgehead atoms. The lowest BCUT2D eigenvalue weighted by atomic mass is 10.1. The molecule has 0 saturated heterocycles. The van der Waals surface area contributed by atoms with Crippen LogP contribution in [0.2, 0.25) is 0 Å². The summed E-state index contributed by atoms with van der Waals surface area (Å²) in [4.78, 5) is 21.5. The fraction of sp³-hybridized carbons (Fsp3) is 0.556. The van der Waals surface area contributed by atoms with Gasteiger partial charge >= 0.3 is 0 Å². The van der Waals surface area contributed by atoms with Gasteiger partial charge < -0.3 is 5.32 Å². The van der Waals surface area contributed by atoms with Gasteiger partial charge in [0.05, 0.1) is 0 Å². The Morgan fingerprint density at radius 2 is 1.67 bits per heavy atom. The molecule has 0 aliphatic heterocycles. The lowest BCUT2D eigenvalue weighted by molar-refractivity contribution is -0.118. The summed E-state index contributed by atoms with van der Waals surface area (Å²) in [6.45, 7) is 7.05. The van der Waals surface area contributed by atoms with E-state index in [9.17, 15) is 9.59 Å². The number of hydrogen-bond donors (Lipinski definition) is 1. The molecule has 0 rings (SSSR count). The van der Waals surface area contributed by atoms with Gasteiger partial charge in [-0.15, -0.1) is 0 Å². The third-order valence-corrected chi connectivity index (χ3v) is 0.968. The van der Waals surface area contributed by atoms with Crippen molar-refractivity contribution in [1.29, 1.82) is 0 Å². The van der Waals surface area contributed by atoms with Gasteiger partial charge in [0.25, 0.3) is 0 Å². The Hall–Kier alpha value is -1.12. The highest BCUT2D eigenvalue weighted by molar-refractivity contribution is 5.96. The SMILES string of the molecule is CC(=O)/C=C/C(=O)NC(C)(C)C. The fourth-order valence-corrected chi connectivity index (χ4v) is 0.604. The highest BCUT2D eigenvalue weighted by atomic mass is 16.1. The monoisotopic (exact) mass is 169 g/mol. The molecule has 0 saturated carbocycles. The molecule has 68 valence electrons. The fourth-order valence-electron chi connectivity index (χ4n) is 0.604. The van der Waals surface area contributed by atoms with E-state index in [1.54, 1.807) is 0 Å². The molecule has 0 aromatic carbocycles. The van der Waals surface area contributed by atoms with Crippen molar-refractivity contribution >= 4 is 11.7 Å². The van der Waals surface area contributed by atoms with E-state index in [4.69, 9.17) is 0 Å². The van der Waals surface area contributed by atoms with Gasteiger partial charge in [-0.1, -0.05) is 0 Å². The van der Waals surface area contributed by atoms with E-state index >= 15 is 0 Å². The Bertz CT molecular complexity index is 211. The third kappa shape index (κ3) is 6.99. The number of rotatable bonds is 2. The van der Waals surface area contributed by atoms with Crippen molar-refractivity contribution < 1.29 is 9.59 Å². The van der Waals surface area contributed by atoms with Crippen molar-refractivity contribution in [3.05, 3.63) is 12.2 Å². The zero-order chi connectivity index (χ0) is 9.78. The number of ketones is 1. The molecule has 0 unspecified atom stereocenters. The van der Waals surface area contributed by atoms with Gasteiger partial charge in [-0.3, -0.25) is 9.59 Å². The van der Waals surface area contributed by atoms with Crippen molar-refractivity contribution in [3.8, 4) is 0 Å². The van der Waals surface area contributed by atoms with Crippen LogP contribution in [0.5, 0.6) is 0 Å². The molecule has 12 heavy (non-hydrogen) atoms. The molecule has 3 heteroatoms. The van der Waals surface area contributed by atoms with Crippen molar-refractivity contribution in [2.24, 2.45) is 0 Å². The molecule has 0 aromatic rings. The molecule has 0 spiro atoms. The molecule has 0 fully saturated rings. The van der Waals surface area contributed by atoms with Gasteiger partial charge in [-0.05, 0) is 33.8 Å². The van der Waals surface area contributed by atoms with E-state index < -0.39 is 0 Å². The van der Waals surface area contributed by atoms with E-state index in [0.29, 0.717) is 0 Å². The Morgan fingerprint density at radius 3 is 2.00 bits per heavy atom. The predicted molar refractivity (Wildman–Crippen MR) is 47.7 cm³/mol. The first-order chi connectivity index (χ1) is 5.31. The van der Waals surface area contributed by atoms with Crippen LogP contribution in [0.15, 0.2) is 12.2 Å². The van der Waals surface area contributed by atoms with Crippen LogP contribution in [0.1, 0.15) is 27.7 Å². The number of nitrogens with one attached hydrogen (secondary N) is 1. The Morgan fingerprint density at radius 1 is 1.17 bits per heavy atom. The summed E-state index contributed by atoms with van der Waals surface area (Å²) in [5, 5.41) is 2.70. The van der Waals surface area contributed by atoms with Crippen LogP contribution in [0.25, 0.3) is 0 Å². The van der Waals surface area contributed by atoms with Crippen LogP contribution in [0.3, 0.4) is 0 Å². The van der Waals surface area contributed by atoms with E-state index in [1.807, 2.05) is 20.8 Å². The molecule has 0 heterocycles. The number of carbonyl (C=O) groups is 2. The second-order valence-electron chi connectivity index (χ2n) is 3.68. The quantitative estimate of drug-likeness (QED) is 0.628. The molecule has 1 N–H and O–H groups in total. The topological polar surface area (TPSA) is 46.2 Å². The van der Waals surface area contributed by atoms with Gasteiger partial charge in [0.1, 0.15) is 0 Å². The molecule has 0 aromatic heterocycles. The van der Waals surface area contributed by atoms with Crippen molar-refractivity contribution in [1.82, 2.24) is 5.32 Å². The summed E-state index contributed by atoms with van der Waals surface area (Å²) in [6.07, 6.45) is 2.49. The summed E-state index contributed by atoms with van der Waals surface area (Å²) in [5.41, 5.74) is -0.252. The summed E-state index contributed by atoms with van der Waals surface area (Å²) >= 11 is 0. The summed E-state index contributed by atoms with van der Waals surface area (Å²) in [6, 6.07) is 0. The zero-order valence-electron chi connectivity index (χ0n) is 7.97. The van der Waals surface area contributed by atoms with Crippen LogP contribution in [-0.2, 0) is 9.59 Å². The van der Waals surface area contributed by atoms with Gasteiger partial charge in [0.15, 0.2) is 5.78 Å². The maximum atomic E-state index is 11.0. The third-order valence-electron chi connectivity index (χ3n) is 0.968. The predicted octanol–water partition coefficient (Wildman–Crippen LogP) is 1.05.